The van der Waals surface area contributed by atoms with E-state index in [-0.39, 0.29) is 12.0 Å². The van der Waals surface area contributed by atoms with Crippen LogP contribution in [0.5, 0.6) is 0 Å². The molecule has 22 heavy (non-hydrogen) atoms. The molecule has 7 heteroatoms. The molecule has 0 aliphatic carbocycles. The molecule has 1 N–H and O–H groups in total. The summed E-state index contributed by atoms with van der Waals surface area (Å²) in [5, 5.41) is 2.62. The van der Waals surface area contributed by atoms with Crippen molar-refractivity contribution >= 4 is 5.91 Å². The number of alkyl halides is 2. The van der Waals surface area contributed by atoms with Gasteiger partial charge in [-0.15, -0.1) is 0 Å². The second-order valence-corrected chi connectivity index (χ2v) is 6.09. The van der Waals surface area contributed by atoms with Gasteiger partial charge in [0.05, 0.1) is 25.3 Å². The number of likely N-dealkylation sites (tertiary alicyclic amines) is 1. The molecule has 2 heterocycles. The van der Waals surface area contributed by atoms with Gasteiger partial charge in [0.15, 0.2) is 0 Å². The molecule has 2 aliphatic heterocycles. The van der Waals surface area contributed by atoms with E-state index in [0.29, 0.717) is 19.7 Å². The van der Waals surface area contributed by atoms with Crippen LogP contribution in [-0.4, -0.2) is 79.7 Å². The Morgan fingerprint density at radius 2 is 2.14 bits per heavy atom. The number of ether oxygens (including phenoxy) is 1. The van der Waals surface area contributed by atoms with Gasteiger partial charge in [0.1, 0.15) is 0 Å². The Bertz CT molecular complexity index is 378. The van der Waals surface area contributed by atoms with Crippen LogP contribution in [-0.2, 0) is 9.53 Å². The van der Waals surface area contributed by atoms with Crippen molar-refractivity contribution in [2.75, 3.05) is 45.9 Å². The minimum absolute atomic E-state index is 0.0291. The van der Waals surface area contributed by atoms with Crippen LogP contribution < -0.4 is 5.32 Å². The second kappa shape index (κ2) is 7.66. The van der Waals surface area contributed by atoms with Crippen LogP contribution in [0.2, 0.25) is 0 Å². The van der Waals surface area contributed by atoms with Gasteiger partial charge in [-0.1, -0.05) is 13.8 Å². The standard InChI is InChI=1S/C15H27F2N3O2/c1-3-19(4-2)7-8-22-12-5-6-20(10-12)14(21)13-9-15(16,17)11-18-13/h12-13,18H,3-11H2,1-2H3. The molecule has 2 unspecified atom stereocenters. The molecule has 2 rings (SSSR count). The van der Waals surface area contributed by atoms with Gasteiger partial charge in [-0.3, -0.25) is 10.1 Å². The number of nitrogens with one attached hydrogen (secondary N) is 1. The molecule has 0 radical (unpaired) electrons. The van der Waals surface area contributed by atoms with E-state index in [1.807, 2.05) is 0 Å². The molecule has 2 saturated heterocycles. The summed E-state index contributed by atoms with van der Waals surface area (Å²) in [7, 11) is 0. The SMILES string of the molecule is CCN(CC)CCOC1CCN(C(=O)C2CC(F)(F)CN2)C1. The molecule has 2 atom stereocenters. The molecule has 0 bridgehead atoms. The first-order chi connectivity index (χ1) is 10.4. The summed E-state index contributed by atoms with van der Waals surface area (Å²) in [6.07, 6.45) is 0.421. The number of nitrogens with zero attached hydrogens (tertiary/aromatic N) is 2. The average Bonchev–Trinajstić information content (AvgIpc) is 3.09. The molecule has 0 saturated carbocycles. The van der Waals surface area contributed by atoms with E-state index >= 15 is 0 Å². The molecular formula is C15H27F2N3O2. The summed E-state index contributed by atoms with van der Waals surface area (Å²) in [5.41, 5.74) is 0. The Labute approximate surface area is 131 Å². The molecule has 5 nitrogen and oxygen atoms in total. The number of carbonyl (C=O) groups excluding carboxylic acids is 1. The lowest BCUT2D eigenvalue weighted by molar-refractivity contribution is -0.133. The molecule has 2 fully saturated rings. The summed E-state index contributed by atoms with van der Waals surface area (Å²) in [4.78, 5) is 16.2. The van der Waals surface area contributed by atoms with Crippen molar-refractivity contribution in [2.24, 2.45) is 0 Å². The van der Waals surface area contributed by atoms with Crippen LogP contribution in [0.3, 0.4) is 0 Å². The Hall–Kier alpha value is -0.790. The fourth-order valence-electron chi connectivity index (χ4n) is 3.06. The fourth-order valence-corrected chi connectivity index (χ4v) is 3.06. The first-order valence-electron chi connectivity index (χ1n) is 8.19. The highest BCUT2D eigenvalue weighted by molar-refractivity contribution is 5.82. The monoisotopic (exact) mass is 319 g/mol. The normalized spacial score (nSPS) is 27.8. The van der Waals surface area contributed by atoms with Gasteiger partial charge in [-0.05, 0) is 19.5 Å². The van der Waals surface area contributed by atoms with Gasteiger partial charge in [-0.25, -0.2) is 8.78 Å². The third-order valence-electron chi connectivity index (χ3n) is 4.52. The zero-order chi connectivity index (χ0) is 16.2. The zero-order valence-corrected chi connectivity index (χ0v) is 13.5. The Balaban J connectivity index is 1.70. The third kappa shape index (κ3) is 4.60. The largest absolute Gasteiger partial charge is 0.375 e. The number of amides is 1. The number of rotatable bonds is 7. The predicted molar refractivity (Wildman–Crippen MR) is 80.1 cm³/mol. The van der Waals surface area contributed by atoms with Crippen molar-refractivity contribution in [3.63, 3.8) is 0 Å². The van der Waals surface area contributed by atoms with E-state index in [0.717, 1.165) is 26.1 Å². The molecular weight excluding hydrogens is 292 g/mol. The quantitative estimate of drug-likeness (QED) is 0.759. The Morgan fingerprint density at radius 3 is 2.73 bits per heavy atom. The van der Waals surface area contributed by atoms with Gasteiger partial charge < -0.3 is 14.5 Å². The second-order valence-electron chi connectivity index (χ2n) is 6.09. The van der Waals surface area contributed by atoms with E-state index in [4.69, 9.17) is 4.74 Å². The highest BCUT2D eigenvalue weighted by atomic mass is 19.3. The summed E-state index contributed by atoms with van der Waals surface area (Å²) >= 11 is 0. The highest BCUT2D eigenvalue weighted by Crippen LogP contribution is 2.27. The zero-order valence-electron chi connectivity index (χ0n) is 13.5. The van der Waals surface area contributed by atoms with Gasteiger partial charge in [0.25, 0.3) is 5.92 Å². The summed E-state index contributed by atoms with van der Waals surface area (Å²) in [5.74, 6) is -2.98. The number of hydrogen-bond acceptors (Lipinski definition) is 4. The number of hydrogen-bond donors (Lipinski definition) is 1. The van der Waals surface area contributed by atoms with Crippen molar-refractivity contribution in [1.29, 1.82) is 0 Å². The van der Waals surface area contributed by atoms with Crippen molar-refractivity contribution in [3.05, 3.63) is 0 Å². The first kappa shape index (κ1) is 17.6. The van der Waals surface area contributed by atoms with E-state index in [1.165, 1.54) is 0 Å². The molecule has 0 aromatic heterocycles. The van der Waals surface area contributed by atoms with Crippen LogP contribution in [0.1, 0.15) is 26.7 Å². The fraction of sp³-hybridized carbons (Fsp3) is 0.933. The van der Waals surface area contributed by atoms with Crippen molar-refractivity contribution in [3.8, 4) is 0 Å². The lowest BCUT2D eigenvalue weighted by Crippen LogP contribution is -2.43. The highest BCUT2D eigenvalue weighted by Gasteiger charge is 2.44. The van der Waals surface area contributed by atoms with Crippen LogP contribution in [0, 0.1) is 0 Å². The summed E-state index contributed by atoms with van der Waals surface area (Å²) < 4.78 is 32.1. The number of carbonyl (C=O) groups is 1. The minimum Gasteiger partial charge on any atom is -0.375 e. The van der Waals surface area contributed by atoms with E-state index in [1.54, 1.807) is 4.90 Å². The predicted octanol–water partition coefficient (Wildman–Crippen LogP) is 0.943. The van der Waals surface area contributed by atoms with Gasteiger partial charge in [0.2, 0.25) is 5.91 Å². The Morgan fingerprint density at radius 1 is 1.41 bits per heavy atom. The van der Waals surface area contributed by atoms with E-state index in [9.17, 15) is 13.6 Å². The maximum atomic E-state index is 13.2. The van der Waals surface area contributed by atoms with Gasteiger partial charge in [-0.2, -0.15) is 0 Å². The third-order valence-corrected chi connectivity index (χ3v) is 4.52. The molecule has 1 amide bonds. The van der Waals surface area contributed by atoms with Crippen LogP contribution >= 0.6 is 0 Å². The average molecular weight is 319 g/mol. The molecule has 0 aromatic carbocycles. The maximum Gasteiger partial charge on any atom is 0.262 e. The molecule has 2 aliphatic rings. The number of halogens is 2. The molecule has 0 aromatic rings. The smallest absolute Gasteiger partial charge is 0.262 e. The summed E-state index contributed by atoms with van der Waals surface area (Å²) in [6.45, 7) is 8.46. The Kier molecular flexibility index (Phi) is 6.11. The maximum absolute atomic E-state index is 13.2. The lowest BCUT2D eigenvalue weighted by atomic mass is 10.2. The molecule has 128 valence electrons. The van der Waals surface area contributed by atoms with Crippen LogP contribution in [0.25, 0.3) is 0 Å². The van der Waals surface area contributed by atoms with Crippen molar-refractivity contribution < 1.29 is 18.3 Å². The summed E-state index contributed by atoms with van der Waals surface area (Å²) in [6, 6.07) is -0.746. The van der Waals surface area contributed by atoms with E-state index in [2.05, 4.69) is 24.1 Å². The van der Waals surface area contributed by atoms with Crippen LogP contribution in [0.4, 0.5) is 8.78 Å². The number of likely N-dealkylation sites (N-methyl/N-ethyl adjacent to an activating group) is 1. The van der Waals surface area contributed by atoms with Crippen molar-refractivity contribution in [2.45, 2.75) is 44.8 Å². The van der Waals surface area contributed by atoms with E-state index < -0.39 is 24.9 Å². The topological polar surface area (TPSA) is 44.8 Å². The molecule has 0 spiro atoms. The van der Waals surface area contributed by atoms with Gasteiger partial charge in [0, 0.05) is 26.1 Å². The van der Waals surface area contributed by atoms with Crippen molar-refractivity contribution in [1.82, 2.24) is 15.1 Å². The van der Waals surface area contributed by atoms with Gasteiger partial charge >= 0.3 is 0 Å². The minimum atomic E-state index is -2.76. The van der Waals surface area contributed by atoms with Crippen LogP contribution in [0.15, 0.2) is 0 Å². The first-order valence-corrected chi connectivity index (χ1v) is 8.19. The lowest BCUT2D eigenvalue weighted by Gasteiger charge is -2.21.